The molecule has 230 valence electrons. The van der Waals surface area contributed by atoms with Gasteiger partial charge in [0.1, 0.15) is 23.1 Å². The summed E-state index contributed by atoms with van der Waals surface area (Å²) in [6, 6.07) is 1.32. The number of thioether (sulfide) groups is 1. The molecular weight excluding hydrogens is 597 g/mol. The van der Waals surface area contributed by atoms with Crippen LogP contribution in [0.1, 0.15) is 62.2 Å². The highest BCUT2D eigenvalue weighted by molar-refractivity contribution is 7.98. The molecule has 6 rings (SSSR count). The van der Waals surface area contributed by atoms with Crippen molar-refractivity contribution in [2.75, 3.05) is 55.4 Å². The second-order valence-electron chi connectivity index (χ2n) is 11.9. The van der Waals surface area contributed by atoms with Crippen LogP contribution in [0.25, 0.3) is 10.9 Å². The van der Waals surface area contributed by atoms with Gasteiger partial charge >= 0.3 is 6.09 Å². The lowest BCUT2D eigenvalue weighted by Gasteiger charge is -2.36. The number of nitrogens with zero attached hydrogens (tertiary/aromatic N) is 7. The zero-order chi connectivity index (χ0) is 30.5. The van der Waals surface area contributed by atoms with Crippen LogP contribution in [0.5, 0.6) is 0 Å². The molecule has 0 spiro atoms. The molecule has 1 unspecified atom stereocenters. The van der Waals surface area contributed by atoms with Crippen molar-refractivity contribution < 1.29 is 23.5 Å². The number of rotatable bonds is 4. The van der Waals surface area contributed by atoms with Crippen molar-refractivity contribution in [1.82, 2.24) is 24.6 Å². The summed E-state index contributed by atoms with van der Waals surface area (Å²) in [7, 11) is 0. The van der Waals surface area contributed by atoms with Crippen LogP contribution in [-0.4, -0.2) is 87.8 Å². The smallest absolute Gasteiger partial charge is 0.410 e. The summed E-state index contributed by atoms with van der Waals surface area (Å²) in [4.78, 5) is 41.7. The van der Waals surface area contributed by atoms with Gasteiger partial charge < -0.3 is 19.3 Å². The number of piperazine rings is 1. The van der Waals surface area contributed by atoms with Gasteiger partial charge in [0, 0.05) is 56.3 Å². The average Bonchev–Trinajstić information content (AvgIpc) is 3.61. The Morgan fingerprint density at radius 3 is 2.53 bits per heavy atom. The van der Waals surface area contributed by atoms with Crippen LogP contribution in [-0.2, 0) is 15.9 Å². The number of benzene rings is 1. The molecule has 0 aliphatic carbocycles. The number of ether oxygens (including phenoxy) is 2. The Hall–Kier alpha value is -3.16. The van der Waals surface area contributed by atoms with Crippen LogP contribution >= 0.6 is 23.4 Å². The Morgan fingerprint density at radius 2 is 1.86 bits per heavy atom. The Bertz CT molecular complexity index is 1560. The molecule has 1 aromatic carbocycles. The van der Waals surface area contributed by atoms with E-state index in [0.29, 0.717) is 67.6 Å². The van der Waals surface area contributed by atoms with E-state index in [-0.39, 0.29) is 22.9 Å². The maximum Gasteiger partial charge on any atom is 0.410 e. The number of hydrogen-bond donors (Lipinski definition) is 0. The average molecular weight is 632 g/mol. The highest BCUT2D eigenvalue weighted by Crippen LogP contribution is 2.39. The van der Waals surface area contributed by atoms with Gasteiger partial charge in [-0.2, -0.15) is 5.10 Å². The summed E-state index contributed by atoms with van der Waals surface area (Å²) in [6.45, 7) is 8.58. The van der Waals surface area contributed by atoms with Crippen LogP contribution < -0.4 is 9.80 Å². The second-order valence-corrected chi connectivity index (χ2v) is 13.0. The summed E-state index contributed by atoms with van der Waals surface area (Å²) < 4.78 is 28.3. The minimum Gasteiger partial charge on any atom is -0.444 e. The summed E-state index contributed by atoms with van der Waals surface area (Å²) in [5.41, 5.74) is 0.798. The molecule has 43 heavy (non-hydrogen) atoms. The summed E-state index contributed by atoms with van der Waals surface area (Å²) in [5.74, 6) is 0.103. The third-order valence-electron chi connectivity index (χ3n) is 7.88. The van der Waals surface area contributed by atoms with E-state index in [2.05, 4.69) is 10.00 Å². The zero-order valence-electron chi connectivity index (χ0n) is 24.7. The minimum absolute atomic E-state index is 0.0587. The van der Waals surface area contributed by atoms with E-state index in [1.54, 1.807) is 20.7 Å². The molecule has 2 aromatic heterocycles. The standard InChI is InChI=1S/C29H35ClFN7O4S/c1-29(2,3)42-28(40)36-12-10-35(11-13-36)24-17-8-9-37(25(17)34-27(33-24)43-4)26(39)22-18-16-32-38(21-7-5-6-14-41-21)20(18)15-19(31)23(22)30/h15-16,21H,5-14H2,1-4H3. The van der Waals surface area contributed by atoms with E-state index in [1.807, 2.05) is 27.0 Å². The molecule has 0 bridgehead atoms. The predicted octanol–water partition coefficient (Wildman–Crippen LogP) is 5.30. The number of fused-ring (bicyclic) bond motifs is 2. The lowest BCUT2D eigenvalue weighted by Crippen LogP contribution is -2.50. The fourth-order valence-corrected chi connectivity index (χ4v) is 6.41. The fraction of sp³-hybridized carbons (Fsp3) is 0.552. The number of aromatic nitrogens is 4. The third kappa shape index (κ3) is 5.74. The Balaban J connectivity index is 1.30. The monoisotopic (exact) mass is 631 g/mol. The third-order valence-corrected chi connectivity index (χ3v) is 8.80. The molecule has 2 amide bonds. The van der Waals surface area contributed by atoms with Crippen LogP contribution in [0.4, 0.5) is 20.8 Å². The molecule has 0 radical (unpaired) electrons. The highest BCUT2D eigenvalue weighted by Gasteiger charge is 2.36. The fourth-order valence-electron chi connectivity index (χ4n) is 5.81. The molecule has 2 fully saturated rings. The number of amides is 2. The first-order valence-corrected chi connectivity index (χ1v) is 16.1. The van der Waals surface area contributed by atoms with Crippen LogP contribution in [0.15, 0.2) is 17.4 Å². The van der Waals surface area contributed by atoms with Gasteiger partial charge in [-0.05, 0) is 52.7 Å². The Morgan fingerprint density at radius 1 is 1.12 bits per heavy atom. The van der Waals surface area contributed by atoms with Gasteiger partial charge in [0.15, 0.2) is 11.4 Å². The zero-order valence-corrected chi connectivity index (χ0v) is 26.3. The molecule has 3 aromatic rings. The molecule has 2 saturated heterocycles. The van der Waals surface area contributed by atoms with E-state index in [4.69, 9.17) is 31.0 Å². The van der Waals surface area contributed by atoms with Gasteiger partial charge in [0.05, 0.1) is 22.3 Å². The van der Waals surface area contributed by atoms with Crippen molar-refractivity contribution in [1.29, 1.82) is 0 Å². The molecule has 5 heterocycles. The van der Waals surface area contributed by atoms with Gasteiger partial charge in [-0.3, -0.25) is 9.69 Å². The largest absolute Gasteiger partial charge is 0.444 e. The topological polar surface area (TPSA) is 106 Å². The molecule has 3 aliphatic rings. The van der Waals surface area contributed by atoms with E-state index in [9.17, 15) is 9.59 Å². The molecule has 3 aliphatic heterocycles. The van der Waals surface area contributed by atoms with Crippen molar-refractivity contribution in [2.24, 2.45) is 0 Å². The first-order valence-electron chi connectivity index (χ1n) is 14.5. The molecule has 14 heteroatoms. The normalized spacial score (nSPS) is 19.2. The van der Waals surface area contributed by atoms with E-state index in [0.717, 1.165) is 30.6 Å². The number of halogens is 2. The van der Waals surface area contributed by atoms with Crippen molar-refractivity contribution in [2.45, 2.75) is 63.4 Å². The molecule has 11 nitrogen and oxygen atoms in total. The molecular formula is C29H35ClFN7O4S. The number of hydrogen-bond acceptors (Lipinski definition) is 9. The van der Waals surface area contributed by atoms with Crippen LogP contribution in [0.3, 0.4) is 0 Å². The van der Waals surface area contributed by atoms with Gasteiger partial charge in [0.2, 0.25) is 0 Å². The van der Waals surface area contributed by atoms with E-state index < -0.39 is 17.3 Å². The molecule has 1 atom stereocenters. The van der Waals surface area contributed by atoms with E-state index in [1.165, 1.54) is 17.8 Å². The first-order chi connectivity index (χ1) is 20.6. The van der Waals surface area contributed by atoms with Crippen molar-refractivity contribution in [3.05, 3.63) is 34.2 Å². The van der Waals surface area contributed by atoms with Gasteiger partial charge in [-0.15, -0.1) is 0 Å². The van der Waals surface area contributed by atoms with Crippen LogP contribution in [0, 0.1) is 5.82 Å². The van der Waals surface area contributed by atoms with Crippen LogP contribution in [0.2, 0.25) is 5.02 Å². The van der Waals surface area contributed by atoms with Gasteiger partial charge in [0.25, 0.3) is 5.91 Å². The van der Waals surface area contributed by atoms with Crippen molar-refractivity contribution in [3.8, 4) is 0 Å². The summed E-state index contributed by atoms with van der Waals surface area (Å²) in [6.07, 6.45) is 6.02. The van der Waals surface area contributed by atoms with Crippen molar-refractivity contribution in [3.63, 3.8) is 0 Å². The van der Waals surface area contributed by atoms with Gasteiger partial charge in [-0.25, -0.2) is 23.8 Å². The van der Waals surface area contributed by atoms with E-state index >= 15 is 4.39 Å². The number of anilines is 2. The first kappa shape index (κ1) is 29.9. The summed E-state index contributed by atoms with van der Waals surface area (Å²) in [5, 5.41) is 5.22. The maximum absolute atomic E-state index is 15.2. The second kappa shape index (κ2) is 11.7. The number of carbonyl (C=O) groups is 2. The SMILES string of the molecule is CSc1nc(N2CCN(C(=O)OC(C)(C)C)CC2)c2c(n1)N(C(=O)c1c(Cl)c(F)cc3c1cnn3C1CCCCO1)CC2. The summed E-state index contributed by atoms with van der Waals surface area (Å²) >= 11 is 7.86. The predicted molar refractivity (Wildman–Crippen MR) is 163 cm³/mol. The van der Waals surface area contributed by atoms with Gasteiger partial charge in [-0.1, -0.05) is 23.4 Å². The highest BCUT2D eigenvalue weighted by atomic mass is 35.5. The minimum atomic E-state index is -0.689. The lowest BCUT2D eigenvalue weighted by atomic mass is 10.1. The Labute approximate surface area is 258 Å². The molecule has 0 N–H and O–H groups in total. The number of carbonyl (C=O) groups excluding carboxylic acids is 2. The molecule has 0 saturated carbocycles. The van der Waals surface area contributed by atoms with Crippen molar-refractivity contribution >= 4 is 57.9 Å². The Kier molecular flexibility index (Phi) is 8.16. The quantitative estimate of drug-likeness (QED) is 0.280. The maximum atomic E-state index is 15.2. The lowest BCUT2D eigenvalue weighted by molar-refractivity contribution is -0.0367.